The molecule has 0 aromatic carbocycles. The average Bonchev–Trinajstić information content (AvgIpc) is 3.15. The van der Waals surface area contributed by atoms with Gasteiger partial charge in [-0.3, -0.25) is 4.68 Å². The molecule has 0 spiro atoms. The first kappa shape index (κ1) is 21.6. The second-order valence-corrected chi connectivity index (χ2v) is 8.11. The van der Waals surface area contributed by atoms with Crippen molar-refractivity contribution in [1.29, 1.82) is 0 Å². The van der Waals surface area contributed by atoms with Crippen molar-refractivity contribution in [2.24, 2.45) is 0 Å². The van der Waals surface area contributed by atoms with Gasteiger partial charge < -0.3 is 25.4 Å². The molecule has 2 aliphatic rings. The molecule has 4 rings (SSSR count). The first-order chi connectivity index (χ1) is 14.6. The van der Waals surface area contributed by atoms with Crippen LogP contribution in [0.15, 0.2) is 12.3 Å². The van der Waals surface area contributed by atoms with Crippen LogP contribution in [0.1, 0.15) is 37.2 Å². The van der Waals surface area contributed by atoms with Crippen LogP contribution >= 0.6 is 0 Å². The maximum absolute atomic E-state index is 12.7. The van der Waals surface area contributed by atoms with Crippen molar-refractivity contribution in [3.8, 4) is 0 Å². The number of methoxy groups -OCH3 is 1. The first-order valence-corrected chi connectivity index (χ1v) is 10.1. The third-order valence-corrected chi connectivity index (χ3v) is 6.04. The lowest BCUT2D eigenvalue weighted by Gasteiger charge is -2.42. The molecule has 1 saturated carbocycles. The van der Waals surface area contributed by atoms with Gasteiger partial charge in [-0.25, -0.2) is 4.98 Å². The highest BCUT2D eigenvalue weighted by molar-refractivity contribution is 5.72. The van der Waals surface area contributed by atoms with Crippen molar-refractivity contribution in [3.05, 3.63) is 23.7 Å². The van der Waals surface area contributed by atoms with Crippen molar-refractivity contribution in [1.82, 2.24) is 19.7 Å². The second-order valence-electron chi connectivity index (χ2n) is 8.11. The second kappa shape index (κ2) is 7.83. The highest BCUT2D eigenvalue weighted by Crippen LogP contribution is 2.38. The zero-order valence-corrected chi connectivity index (χ0v) is 17.7. The molecule has 12 heteroatoms. The number of rotatable bonds is 5. The smallest absolute Gasteiger partial charge is 0.379 e. The number of anilines is 3. The number of likely N-dealkylation sites (N-methyl/N-ethyl adjacent to an activating group) is 1. The maximum Gasteiger partial charge on any atom is 0.435 e. The van der Waals surface area contributed by atoms with Crippen molar-refractivity contribution < 1.29 is 23.0 Å². The Hall–Kier alpha value is -2.60. The highest BCUT2D eigenvalue weighted by atomic mass is 19.4. The summed E-state index contributed by atoms with van der Waals surface area (Å²) in [5.74, 6) is 1.08. The Morgan fingerprint density at radius 2 is 2.03 bits per heavy atom. The Balaban J connectivity index is 1.45. The summed E-state index contributed by atoms with van der Waals surface area (Å²) in [7, 11) is 3.43. The molecule has 2 aromatic heterocycles. The van der Waals surface area contributed by atoms with Crippen molar-refractivity contribution in [2.75, 3.05) is 29.7 Å². The van der Waals surface area contributed by atoms with Gasteiger partial charge in [-0.1, -0.05) is 0 Å². The van der Waals surface area contributed by atoms with E-state index in [1.807, 2.05) is 25.8 Å². The summed E-state index contributed by atoms with van der Waals surface area (Å²) in [5, 5.41) is 20.4. The number of fused-ring (bicyclic) bond motifs is 1. The Morgan fingerprint density at radius 1 is 1.32 bits per heavy atom. The summed E-state index contributed by atoms with van der Waals surface area (Å²) in [6.45, 7) is 3.70. The number of hydrogen-bond donors (Lipinski definition) is 3. The molecule has 2 aromatic rings. The van der Waals surface area contributed by atoms with Gasteiger partial charge in [-0.15, -0.1) is 0 Å². The van der Waals surface area contributed by atoms with Crippen LogP contribution < -0.4 is 15.5 Å². The number of aryl methyl sites for hydroxylation is 1. The summed E-state index contributed by atoms with van der Waals surface area (Å²) in [6.07, 6.45) is -2.91. The van der Waals surface area contributed by atoms with Gasteiger partial charge in [0.25, 0.3) is 0 Å². The summed E-state index contributed by atoms with van der Waals surface area (Å²) >= 11 is 0. The normalized spacial score (nSPS) is 26.6. The van der Waals surface area contributed by atoms with Crippen LogP contribution in [0.3, 0.4) is 0 Å². The highest BCUT2D eigenvalue weighted by Gasteiger charge is 2.39. The number of halogens is 3. The quantitative estimate of drug-likeness (QED) is 0.651. The Kier molecular flexibility index (Phi) is 5.46. The zero-order valence-electron chi connectivity index (χ0n) is 17.7. The van der Waals surface area contributed by atoms with Crippen molar-refractivity contribution in [3.63, 3.8) is 0 Å². The zero-order chi connectivity index (χ0) is 22.5. The fourth-order valence-corrected chi connectivity index (χ4v) is 4.14. The van der Waals surface area contributed by atoms with E-state index in [-0.39, 0.29) is 24.2 Å². The van der Waals surface area contributed by atoms with Gasteiger partial charge in [0.05, 0.1) is 17.8 Å². The minimum atomic E-state index is -4.44. The van der Waals surface area contributed by atoms with Crippen molar-refractivity contribution >= 4 is 17.5 Å². The molecule has 3 heterocycles. The minimum absolute atomic E-state index is 0.0297. The van der Waals surface area contributed by atoms with E-state index in [1.165, 1.54) is 10.9 Å². The molecule has 0 bridgehead atoms. The molecule has 31 heavy (non-hydrogen) atoms. The lowest BCUT2D eigenvalue weighted by atomic mass is 9.87. The van der Waals surface area contributed by atoms with E-state index in [2.05, 4.69) is 25.7 Å². The average molecular weight is 441 g/mol. The lowest BCUT2D eigenvalue weighted by Crippen LogP contribution is -2.55. The fourth-order valence-electron chi connectivity index (χ4n) is 4.14. The molecule has 1 fully saturated rings. The van der Waals surface area contributed by atoms with Crippen LogP contribution in [-0.4, -0.2) is 63.4 Å². The van der Waals surface area contributed by atoms with E-state index >= 15 is 0 Å². The molecule has 9 nitrogen and oxygen atoms in total. The van der Waals surface area contributed by atoms with Crippen LogP contribution in [0.2, 0.25) is 0 Å². The van der Waals surface area contributed by atoms with E-state index in [9.17, 15) is 18.3 Å². The predicted molar refractivity (Wildman–Crippen MR) is 108 cm³/mol. The van der Waals surface area contributed by atoms with Gasteiger partial charge in [0.15, 0.2) is 11.5 Å². The van der Waals surface area contributed by atoms with Gasteiger partial charge in [0.2, 0.25) is 5.95 Å². The molecule has 0 saturated heterocycles. The Bertz CT molecular complexity index is 945. The van der Waals surface area contributed by atoms with Crippen LogP contribution in [-0.2, 0) is 10.9 Å². The maximum atomic E-state index is 12.7. The molecule has 1 aliphatic carbocycles. The standard InChI is InChI=1S/C19H26F3N7O2/c1-9-14-16(28(3)15(10(2)31-4)17(30)25-14)26-18(23-9)24-11-7-12(8-11)29-6-5-13(27-29)19(20,21)22/h5-6,10-12,15,17,25,30H,7-8H2,1-4H3,(H,23,24,26)/t10-,11-,12-,15+,17?/m1/s1. The topological polar surface area (TPSA) is 100 Å². The minimum Gasteiger partial charge on any atom is -0.379 e. The molecular weight excluding hydrogens is 415 g/mol. The van der Waals surface area contributed by atoms with Gasteiger partial charge in [-0.05, 0) is 32.8 Å². The molecule has 1 aliphatic heterocycles. The Morgan fingerprint density at radius 3 is 2.65 bits per heavy atom. The summed E-state index contributed by atoms with van der Waals surface area (Å²) < 4.78 is 45.0. The van der Waals surface area contributed by atoms with E-state index in [0.29, 0.717) is 36.0 Å². The summed E-state index contributed by atoms with van der Waals surface area (Å²) in [6, 6.07) is 0.585. The third kappa shape index (κ3) is 4.01. The fraction of sp³-hybridized carbons (Fsp3) is 0.632. The van der Waals surface area contributed by atoms with Crippen molar-refractivity contribution in [2.45, 2.75) is 63.3 Å². The van der Waals surface area contributed by atoms with Crippen LogP contribution in [0.25, 0.3) is 0 Å². The monoisotopic (exact) mass is 441 g/mol. The molecule has 3 N–H and O–H groups in total. The number of ether oxygens (including phenoxy) is 1. The molecule has 3 atom stereocenters. The van der Waals surface area contributed by atoms with Gasteiger partial charge in [0, 0.05) is 26.4 Å². The van der Waals surface area contributed by atoms with E-state index in [0.717, 1.165) is 6.07 Å². The molecule has 170 valence electrons. The van der Waals surface area contributed by atoms with Crippen LogP contribution in [0.5, 0.6) is 0 Å². The third-order valence-electron chi connectivity index (χ3n) is 6.04. The number of nitrogens with zero attached hydrogens (tertiary/aromatic N) is 5. The first-order valence-electron chi connectivity index (χ1n) is 10.1. The predicted octanol–water partition coefficient (Wildman–Crippen LogP) is 2.40. The largest absolute Gasteiger partial charge is 0.435 e. The van der Waals surface area contributed by atoms with Crippen LogP contribution in [0.4, 0.5) is 30.6 Å². The van der Waals surface area contributed by atoms with E-state index in [1.54, 1.807) is 7.11 Å². The van der Waals surface area contributed by atoms with Gasteiger partial charge in [0.1, 0.15) is 18.0 Å². The number of nitrogens with one attached hydrogen (secondary N) is 2. The van der Waals surface area contributed by atoms with Gasteiger partial charge in [-0.2, -0.15) is 23.3 Å². The summed E-state index contributed by atoms with van der Waals surface area (Å²) in [5.41, 5.74) is 0.456. The number of aliphatic hydroxyl groups excluding tert-OH is 1. The molecule has 1 unspecified atom stereocenters. The number of aliphatic hydroxyl groups is 1. The summed E-state index contributed by atoms with van der Waals surface area (Å²) in [4.78, 5) is 11.0. The lowest BCUT2D eigenvalue weighted by molar-refractivity contribution is -0.141. The SMILES string of the molecule is CO[C@H](C)[C@H]1C(O)Nc2c(C)nc(N[C@H]3C[C@H](n4ccc(C(F)(F)F)n4)C3)nc2N1C. The number of aromatic nitrogens is 4. The molecular formula is C19H26F3N7O2. The molecule has 0 amide bonds. The molecule has 0 radical (unpaired) electrons. The van der Waals surface area contributed by atoms with Crippen LogP contribution in [0, 0.1) is 6.92 Å². The number of hydrogen-bond acceptors (Lipinski definition) is 8. The van der Waals surface area contributed by atoms with E-state index < -0.39 is 18.1 Å². The van der Waals surface area contributed by atoms with Gasteiger partial charge >= 0.3 is 6.18 Å². The van der Waals surface area contributed by atoms with E-state index in [4.69, 9.17) is 4.74 Å². The number of alkyl halides is 3. The Labute approximate surface area is 177 Å².